The molecule has 1 aliphatic rings. The molecule has 0 N–H and O–H groups in total. The first-order chi connectivity index (χ1) is 13.2. The van der Waals surface area contributed by atoms with Crippen LogP contribution in [-0.2, 0) is 4.74 Å². The highest BCUT2D eigenvalue weighted by atomic mass is 19.1. The van der Waals surface area contributed by atoms with Crippen LogP contribution in [0, 0.1) is 12.7 Å². The Kier molecular flexibility index (Phi) is 5.87. The van der Waals surface area contributed by atoms with Gasteiger partial charge in [-0.15, -0.1) is 0 Å². The normalized spacial score (nSPS) is 15.4. The quantitative estimate of drug-likeness (QED) is 0.705. The molecule has 0 spiro atoms. The fraction of sp³-hybridized carbons (Fsp3) is 0.455. The van der Waals surface area contributed by atoms with Gasteiger partial charge < -0.3 is 14.4 Å². The van der Waals surface area contributed by atoms with Crippen LogP contribution in [0.15, 0.2) is 36.5 Å². The minimum atomic E-state index is -0.504. The maximum Gasteiger partial charge on any atom is 0.410 e. The van der Waals surface area contributed by atoms with Gasteiger partial charge in [0, 0.05) is 24.8 Å². The number of nitrogens with zero attached hydrogens (tertiary/aromatic N) is 2. The number of piperidine rings is 1. The molecular formula is C22H27FN2O3. The van der Waals surface area contributed by atoms with E-state index in [1.54, 1.807) is 30.2 Å². The molecule has 0 radical (unpaired) electrons. The lowest BCUT2D eigenvalue weighted by Crippen LogP contribution is -2.41. The molecule has 1 fully saturated rings. The van der Waals surface area contributed by atoms with E-state index in [9.17, 15) is 9.18 Å². The van der Waals surface area contributed by atoms with Crippen molar-refractivity contribution in [3.8, 4) is 11.6 Å². The molecule has 28 heavy (non-hydrogen) atoms. The van der Waals surface area contributed by atoms with Crippen molar-refractivity contribution in [2.45, 2.75) is 52.1 Å². The van der Waals surface area contributed by atoms with Gasteiger partial charge in [-0.2, -0.15) is 0 Å². The van der Waals surface area contributed by atoms with Gasteiger partial charge in [0.15, 0.2) is 11.6 Å². The first-order valence-corrected chi connectivity index (χ1v) is 9.60. The highest BCUT2D eigenvalue weighted by Crippen LogP contribution is 2.36. The molecule has 5 nitrogen and oxygen atoms in total. The van der Waals surface area contributed by atoms with Crippen LogP contribution in [0.2, 0.25) is 0 Å². The SMILES string of the molecule is Cc1cccc(F)c1Oc1ncccc1C1CCN(C(=O)OC(C)(C)C)CC1. The van der Waals surface area contributed by atoms with E-state index in [4.69, 9.17) is 9.47 Å². The molecule has 0 saturated carbocycles. The molecule has 3 rings (SSSR count). The summed E-state index contributed by atoms with van der Waals surface area (Å²) in [6, 6.07) is 8.66. The van der Waals surface area contributed by atoms with Gasteiger partial charge in [-0.1, -0.05) is 18.2 Å². The van der Waals surface area contributed by atoms with Crippen molar-refractivity contribution < 1.29 is 18.7 Å². The number of ether oxygens (including phenoxy) is 2. The molecule has 0 bridgehead atoms. The molecule has 1 aliphatic heterocycles. The van der Waals surface area contributed by atoms with Crippen LogP contribution in [-0.4, -0.2) is 34.7 Å². The average molecular weight is 386 g/mol. The van der Waals surface area contributed by atoms with E-state index in [0.29, 0.717) is 19.0 Å². The summed E-state index contributed by atoms with van der Waals surface area (Å²) in [5.41, 5.74) is 1.15. The number of pyridine rings is 1. The topological polar surface area (TPSA) is 51.7 Å². The number of aryl methyl sites for hydroxylation is 1. The van der Waals surface area contributed by atoms with Gasteiger partial charge in [0.25, 0.3) is 0 Å². The monoisotopic (exact) mass is 386 g/mol. The van der Waals surface area contributed by atoms with Gasteiger partial charge in [-0.05, 0) is 64.2 Å². The van der Waals surface area contributed by atoms with E-state index in [1.165, 1.54) is 6.07 Å². The number of aromatic nitrogens is 1. The predicted octanol–water partition coefficient (Wildman–Crippen LogP) is 5.44. The van der Waals surface area contributed by atoms with E-state index in [0.717, 1.165) is 24.0 Å². The Morgan fingerprint density at radius 1 is 1.18 bits per heavy atom. The third-order valence-electron chi connectivity index (χ3n) is 4.75. The fourth-order valence-corrected chi connectivity index (χ4v) is 3.34. The summed E-state index contributed by atoms with van der Waals surface area (Å²) in [6.45, 7) is 8.60. The van der Waals surface area contributed by atoms with Gasteiger partial charge in [-0.3, -0.25) is 0 Å². The lowest BCUT2D eigenvalue weighted by atomic mass is 9.90. The Labute approximate surface area is 165 Å². The molecule has 150 valence electrons. The summed E-state index contributed by atoms with van der Waals surface area (Å²) < 4.78 is 25.5. The Bertz CT molecular complexity index is 820. The summed E-state index contributed by atoms with van der Waals surface area (Å²) >= 11 is 0. The molecular weight excluding hydrogens is 359 g/mol. The number of halogens is 1. The van der Waals surface area contributed by atoms with E-state index < -0.39 is 11.4 Å². The summed E-state index contributed by atoms with van der Waals surface area (Å²) in [5.74, 6) is 0.408. The van der Waals surface area contributed by atoms with Crippen LogP contribution < -0.4 is 4.74 Å². The second-order valence-electron chi connectivity index (χ2n) is 8.13. The maximum absolute atomic E-state index is 14.2. The number of carbonyl (C=O) groups is 1. The molecule has 2 heterocycles. The molecule has 0 unspecified atom stereocenters. The van der Waals surface area contributed by atoms with Gasteiger partial charge in [0.1, 0.15) is 5.60 Å². The third-order valence-corrected chi connectivity index (χ3v) is 4.75. The summed E-state index contributed by atoms with van der Waals surface area (Å²) in [4.78, 5) is 18.3. The molecule has 0 aliphatic carbocycles. The Hall–Kier alpha value is -2.63. The van der Waals surface area contributed by atoms with E-state index >= 15 is 0 Å². The fourth-order valence-electron chi connectivity index (χ4n) is 3.34. The minimum absolute atomic E-state index is 0.189. The predicted molar refractivity (Wildman–Crippen MR) is 105 cm³/mol. The number of likely N-dealkylation sites (tertiary alicyclic amines) is 1. The molecule has 1 amide bonds. The van der Waals surface area contributed by atoms with Crippen molar-refractivity contribution in [3.63, 3.8) is 0 Å². The summed E-state index contributed by atoms with van der Waals surface area (Å²) in [6.07, 6.45) is 2.91. The van der Waals surface area contributed by atoms with E-state index in [1.807, 2.05) is 32.9 Å². The summed E-state index contributed by atoms with van der Waals surface area (Å²) in [5, 5.41) is 0. The van der Waals surface area contributed by atoms with Crippen LogP contribution >= 0.6 is 0 Å². The average Bonchev–Trinajstić information content (AvgIpc) is 2.64. The lowest BCUT2D eigenvalue weighted by molar-refractivity contribution is 0.0204. The molecule has 1 aromatic carbocycles. The summed E-state index contributed by atoms with van der Waals surface area (Å²) in [7, 11) is 0. The third kappa shape index (κ3) is 4.80. The smallest absolute Gasteiger partial charge is 0.410 e. The Morgan fingerprint density at radius 3 is 2.54 bits per heavy atom. The Balaban J connectivity index is 1.72. The van der Waals surface area contributed by atoms with Crippen LogP contribution in [0.5, 0.6) is 11.6 Å². The molecule has 2 aromatic rings. The zero-order valence-electron chi connectivity index (χ0n) is 16.9. The number of amides is 1. The molecule has 1 saturated heterocycles. The first-order valence-electron chi connectivity index (χ1n) is 9.60. The van der Waals surface area contributed by atoms with Gasteiger partial charge in [0.2, 0.25) is 5.88 Å². The second-order valence-corrected chi connectivity index (χ2v) is 8.13. The van der Waals surface area contributed by atoms with E-state index in [2.05, 4.69) is 4.98 Å². The van der Waals surface area contributed by atoms with Crippen molar-refractivity contribution in [1.29, 1.82) is 0 Å². The number of hydrogen-bond acceptors (Lipinski definition) is 4. The second kappa shape index (κ2) is 8.17. The van der Waals surface area contributed by atoms with E-state index in [-0.39, 0.29) is 17.8 Å². The molecule has 1 aromatic heterocycles. The van der Waals surface area contributed by atoms with Crippen LogP contribution in [0.1, 0.15) is 50.7 Å². The molecule has 0 atom stereocenters. The number of carbonyl (C=O) groups excluding carboxylic acids is 1. The highest BCUT2D eigenvalue weighted by molar-refractivity contribution is 5.68. The van der Waals surface area contributed by atoms with Crippen molar-refractivity contribution in [1.82, 2.24) is 9.88 Å². The van der Waals surface area contributed by atoms with Gasteiger partial charge >= 0.3 is 6.09 Å². The van der Waals surface area contributed by atoms with Crippen LogP contribution in [0.4, 0.5) is 9.18 Å². The lowest BCUT2D eigenvalue weighted by Gasteiger charge is -2.33. The van der Waals surface area contributed by atoms with Gasteiger partial charge in [0.05, 0.1) is 0 Å². The number of para-hydroxylation sites is 1. The van der Waals surface area contributed by atoms with Gasteiger partial charge in [-0.25, -0.2) is 14.2 Å². The van der Waals surface area contributed by atoms with Crippen LogP contribution in [0.25, 0.3) is 0 Å². The molecule has 6 heteroatoms. The number of hydrogen-bond donors (Lipinski definition) is 0. The zero-order chi connectivity index (χ0) is 20.3. The van der Waals surface area contributed by atoms with Crippen molar-refractivity contribution in [2.24, 2.45) is 0 Å². The standard InChI is InChI=1S/C22H27FN2O3/c1-15-7-5-9-18(23)19(15)27-20-17(8-6-12-24-20)16-10-13-25(14-11-16)21(26)28-22(2,3)4/h5-9,12,16H,10-11,13-14H2,1-4H3. The number of rotatable bonds is 3. The highest BCUT2D eigenvalue weighted by Gasteiger charge is 2.29. The largest absolute Gasteiger partial charge is 0.444 e. The zero-order valence-corrected chi connectivity index (χ0v) is 16.9. The van der Waals surface area contributed by atoms with Crippen LogP contribution in [0.3, 0.4) is 0 Å². The first kappa shape index (κ1) is 20.1. The Morgan fingerprint density at radius 2 is 1.89 bits per heavy atom. The van der Waals surface area contributed by atoms with Crippen molar-refractivity contribution in [2.75, 3.05) is 13.1 Å². The maximum atomic E-state index is 14.2. The van der Waals surface area contributed by atoms with Crippen molar-refractivity contribution >= 4 is 6.09 Å². The van der Waals surface area contributed by atoms with Crippen molar-refractivity contribution in [3.05, 3.63) is 53.5 Å². The number of benzene rings is 1. The minimum Gasteiger partial charge on any atom is -0.444 e.